The Labute approximate surface area is 121 Å². The van der Waals surface area contributed by atoms with Gasteiger partial charge >= 0.3 is 0 Å². The highest BCUT2D eigenvalue weighted by Crippen LogP contribution is 2.30. The highest BCUT2D eigenvalue weighted by Gasteiger charge is 2.13. The topological polar surface area (TPSA) is 108 Å². The van der Waals surface area contributed by atoms with Crippen LogP contribution in [0.4, 0.5) is 22.7 Å². The number of hydrogen-bond donors (Lipinski definition) is 2. The van der Waals surface area contributed by atoms with Crippen molar-refractivity contribution in [2.75, 3.05) is 17.4 Å². The molecule has 0 bridgehead atoms. The van der Waals surface area contributed by atoms with Gasteiger partial charge in [0.1, 0.15) is 0 Å². The summed E-state index contributed by atoms with van der Waals surface area (Å²) >= 11 is 0. The van der Waals surface area contributed by atoms with Crippen LogP contribution in [0.1, 0.15) is 5.56 Å². The molecule has 106 valence electrons. The predicted octanol–water partition coefficient (Wildman–Crippen LogP) is 2.52. The standard InChI is InChI=1S/C14H13N5O2/c1-18(12-4-2-10(9-15)3-5-12)13-6-11(17-16)7-14(8-13)19(20)21/h2-8,17H,16H2,1H3. The van der Waals surface area contributed by atoms with Crippen LogP contribution in [0.2, 0.25) is 0 Å². The molecule has 2 rings (SSSR count). The van der Waals surface area contributed by atoms with E-state index in [1.54, 1.807) is 42.3 Å². The third kappa shape index (κ3) is 3.08. The first-order chi connectivity index (χ1) is 10.0. The number of nitriles is 1. The van der Waals surface area contributed by atoms with Gasteiger partial charge in [-0.3, -0.25) is 16.0 Å². The minimum atomic E-state index is -0.475. The number of nitrogens with one attached hydrogen (secondary N) is 1. The number of nitrogen functional groups attached to an aromatic ring is 1. The summed E-state index contributed by atoms with van der Waals surface area (Å²) in [4.78, 5) is 12.2. The lowest BCUT2D eigenvalue weighted by molar-refractivity contribution is -0.384. The molecular weight excluding hydrogens is 270 g/mol. The van der Waals surface area contributed by atoms with Gasteiger partial charge in [-0.25, -0.2) is 0 Å². The quantitative estimate of drug-likeness (QED) is 0.507. The summed E-state index contributed by atoms with van der Waals surface area (Å²) in [6.07, 6.45) is 0. The first-order valence-electron chi connectivity index (χ1n) is 6.05. The molecular formula is C14H13N5O2. The van der Waals surface area contributed by atoms with Gasteiger partial charge in [0.2, 0.25) is 0 Å². The number of benzene rings is 2. The molecule has 0 aliphatic carbocycles. The summed E-state index contributed by atoms with van der Waals surface area (Å²) < 4.78 is 0. The molecule has 7 heteroatoms. The summed E-state index contributed by atoms with van der Waals surface area (Å²) in [5.41, 5.74) is 4.77. The number of rotatable bonds is 4. The van der Waals surface area contributed by atoms with Crippen LogP contribution in [-0.2, 0) is 0 Å². The zero-order valence-corrected chi connectivity index (χ0v) is 11.3. The second-order valence-electron chi connectivity index (χ2n) is 4.36. The van der Waals surface area contributed by atoms with Crippen molar-refractivity contribution in [2.24, 2.45) is 5.84 Å². The highest BCUT2D eigenvalue weighted by molar-refractivity contribution is 5.70. The molecule has 0 spiro atoms. The molecule has 21 heavy (non-hydrogen) atoms. The van der Waals surface area contributed by atoms with Gasteiger partial charge in [-0.2, -0.15) is 5.26 Å². The van der Waals surface area contributed by atoms with Crippen LogP contribution in [0, 0.1) is 21.4 Å². The van der Waals surface area contributed by atoms with Crippen LogP contribution >= 0.6 is 0 Å². The Kier molecular flexibility index (Phi) is 4.02. The van der Waals surface area contributed by atoms with E-state index in [9.17, 15) is 10.1 Å². The molecule has 2 aromatic rings. The molecule has 0 aliphatic rings. The van der Waals surface area contributed by atoms with Gasteiger partial charge in [-0.15, -0.1) is 0 Å². The van der Waals surface area contributed by atoms with Gasteiger partial charge in [0.05, 0.1) is 22.2 Å². The minimum Gasteiger partial charge on any atom is -0.344 e. The molecule has 0 unspecified atom stereocenters. The van der Waals surface area contributed by atoms with E-state index in [4.69, 9.17) is 11.1 Å². The molecule has 3 N–H and O–H groups in total. The van der Waals surface area contributed by atoms with Crippen LogP contribution in [0.3, 0.4) is 0 Å². The number of hydrogen-bond acceptors (Lipinski definition) is 6. The van der Waals surface area contributed by atoms with E-state index in [0.717, 1.165) is 5.69 Å². The Hall–Kier alpha value is -3.11. The number of nitro groups is 1. The van der Waals surface area contributed by atoms with Crippen LogP contribution in [0.5, 0.6) is 0 Å². The van der Waals surface area contributed by atoms with E-state index in [1.807, 2.05) is 6.07 Å². The van der Waals surface area contributed by atoms with Crippen molar-refractivity contribution in [3.05, 3.63) is 58.1 Å². The number of nitrogens with zero attached hydrogens (tertiary/aromatic N) is 3. The Morgan fingerprint density at radius 2 is 1.90 bits per heavy atom. The maximum absolute atomic E-state index is 10.9. The molecule has 7 nitrogen and oxygen atoms in total. The Morgan fingerprint density at radius 3 is 2.43 bits per heavy atom. The number of hydrazine groups is 1. The second kappa shape index (κ2) is 5.90. The maximum atomic E-state index is 10.9. The average Bonchev–Trinajstić information content (AvgIpc) is 2.53. The van der Waals surface area contributed by atoms with Gasteiger partial charge in [0, 0.05) is 30.6 Å². The molecule has 0 saturated heterocycles. The van der Waals surface area contributed by atoms with E-state index in [1.165, 1.54) is 12.1 Å². The lowest BCUT2D eigenvalue weighted by Gasteiger charge is -2.20. The largest absolute Gasteiger partial charge is 0.344 e. The molecule has 0 saturated carbocycles. The number of nitro benzene ring substituents is 1. The summed E-state index contributed by atoms with van der Waals surface area (Å²) in [5.74, 6) is 5.34. The summed E-state index contributed by atoms with van der Waals surface area (Å²) in [6.45, 7) is 0. The van der Waals surface area contributed by atoms with Gasteiger partial charge in [0.25, 0.3) is 5.69 Å². The molecule has 0 aromatic heterocycles. The maximum Gasteiger partial charge on any atom is 0.273 e. The normalized spacial score (nSPS) is 9.76. The zero-order chi connectivity index (χ0) is 15.4. The van der Waals surface area contributed by atoms with E-state index < -0.39 is 4.92 Å². The van der Waals surface area contributed by atoms with Crippen molar-refractivity contribution < 1.29 is 4.92 Å². The van der Waals surface area contributed by atoms with Gasteiger partial charge < -0.3 is 10.3 Å². The first kappa shape index (κ1) is 14.3. The van der Waals surface area contributed by atoms with E-state index in [-0.39, 0.29) is 5.69 Å². The molecule has 0 atom stereocenters. The van der Waals surface area contributed by atoms with Gasteiger partial charge in [0.15, 0.2) is 0 Å². The molecule has 0 aliphatic heterocycles. The molecule has 0 amide bonds. The van der Waals surface area contributed by atoms with Gasteiger partial charge in [-0.1, -0.05) is 0 Å². The number of non-ortho nitro benzene ring substituents is 1. The first-order valence-corrected chi connectivity index (χ1v) is 6.05. The highest BCUT2D eigenvalue weighted by atomic mass is 16.6. The summed E-state index contributed by atoms with van der Waals surface area (Å²) in [7, 11) is 1.78. The predicted molar refractivity (Wildman–Crippen MR) is 80.1 cm³/mol. The van der Waals surface area contributed by atoms with Crippen LogP contribution in [-0.4, -0.2) is 12.0 Å². The van der Waals surface area contributed by atoms with Crippen LogP contribution in [0.15, 0.2) is 42.5 Å². The fraction of sp³-hybridized carbons (Fsp3) is 0.0714. The SMILES string of the molecule is CN(c1ccc(C#N)cc1)c1cc(NN)cc([N+](=O)[O-])c1. The monoisotopic (exact) mass is 283 g/mol. The van der Waals surface area contributed by atoms with Crippen LogP contribution < -0.4 is 16.2 Å². The van der Waals surface area contributed by atoms with Crippen molar-refractivity contribution in [1.29, 1.82) is 5.26 Å². The van der Waals surface area contributed by atoms with Crippen LogP contribution in [0.25, 0.3) is 0 Å². The van der Waals surface area contributed by atoms with Crippen molar-refractivity contribution >= 4 is 22.7 Å². The lowest BCUT2D eigenvalue weighted by atomic mass is 10.2. The van der Waals surface area contributed by atoms with Crippen molar-refractivity contribution in [2.45, 2.75) is 0 Å². The molecule has 0 radical (unpaired) electrons. The van der Waals surface area contributed by atoms with E-state index in [2.05, 4.69) is 5.43 Å². The molecule has 0 fully saturated rings. The third-order valence-electron chi connectivity index (χ3n) is 3.05. The molecule has 2 aromatic carbocycles. The fourth-order valence-electron chi connectivity index (χ4n) is 1.89. The van der Waals surface area contributed by atoms with Crippen molar-refractivity contribution in [1.82, 2.24) is 0 Å². The summed E-state index contributed by atoms with van der Waals surface area (Å²) in [6, 6.07) is 13.5. The number of nitrogens with two attached hydrogens (primary N) is 1. The lowest BCUT2D eigenvalue weighted by Crippen LogP contribution is -2.12. The van der Waals surface area contributed by atoms with E-state index >= 15 is 0 Å². The Bertz CT molecular complexity index is 706. The number of anilines is 3. The Morgan fingerprint density at radius 1 is 1.24 bits per heavy atom. The average molecular weight is 283 g/mol. The van der Waals surface area contributed by atoms with Crippen molar-refractivity contribution in [3.8, 4) is 6.07 Å². The van der Waals surface area contributed by atoms with Crippen molar-refractivity contribution in [3.63, 3.8) is 0 Å². The minimum absolute atomic E-state index is 0.0547. The fourth-order valence-corrected chi connectivity index (χ4v) is 1.89. The molecule has 0 heterocycles. The zero-order valence-electron chi connectivity index (χ0n) is 11.3. The second-order valence-corrected chi connectivity index (χ2v) is 4.36. The van der Waals surface area contributed by atoms with E-state index in [0.29, 0.717) is 16.9 Å². The summed E-state index contributed by atoms with van der Waals surface area (Å²) in [5, 5.41) is 19.7. The third-order valence-corrected chi connectivity index (χ3v) is 3.05. The Balaban J connectivity index is 2.41. The van der Waals surface area contributed by atoms with Gasteiger partial charge in [-0.05, 0) is 30.3 Å². The smallest absolute Gasteiger partial charge is 0.273 e.